The van der Waals surface area contributed by atoms with E-state index in [1.807, 2.05) is 66.5 Å². The maximum absolute atomic E-state index is 12.4. The molecule has 3 aromatic rings. The summed E-state index contributed by atoms with van der Waals surface area (Å²) in [6.45, 7) is 0.710. The van der Waals surface area contributed by atoms with E-state index in [9.17, 15) is 5.21 Å². The highest BCUT2D eigenvalue weighted by atomic mass is 16.5. The molecule has 2 aromatic carbocycles. The molecular formula is C17H16N2O. The van der Waals surface area contributed by atoms with Crippen LogP contribution in [0.5, 0.6) is 0 Å². The molecule has 0 unspecified atom stereocenters. The molecule has 0 bridgehead atoms. The van der Waals surface area contributed by atoms with Crippen molar-refractivity contribution in [2.24, 2.45) is 0 Å². The number of pyridine rings is 1. The lowest BCUT2D eigenvalue weighted by molar-refractivity contribution is -0.563. The largest absolute Gasteiger partial charge is 0.710 e. The van der Waals surface area contributed by atoms with Gasteiger partial charge in [0.2, 0.25) is 0 Å². The van der Waals surface area contributed by atoms with Gasteiger partial charge >= 0.3 is 0 Å². The lowest BCUT2D eigenvalue weighted by atomic mass is 10.2. The van der Waals surface area contributed by atoms with Gasteiger partial charge in [0.05, 0.1) is 7.05 Å². The third kappa shape index (κ3) is 2.30. The molecule has 0 radical (unpaired) electrons. The van der Waals surface area contributed by atoms with E-state index in [1.165, 1.54) is 5.56 Å². The van der Waals surface area contributed by atoms with E-state index < -0.39 is 0 Å². The van der Waals surface area contributed by atoms with Crippen LogP contribution in [0, 0.1) is 5.21 Å². The predicted molar refractivity (Wildman–Crippen MR) is 81.5 cm³/mol. The molecule has 0 aliphatic rings. The molecule has 0 aliphatic heterocycles. The van der Waals surface area contributed by atoms with Gasteiger partial charge in [0.15, 0.2) is 0 Å². The fourth-order valence-corrected chi connectivity index (χ4v) is 2.39. The summed E-state index contributed by atoms with van der Waals surface area (Å²) in [6, 6.07) is 21.6. The van der Waals surface area contributed by atoms with Crippen LogP contribution in [0.15, 0.2) is 66.7 Å². The van der Waals surface area contributed by atoms with Gasteiger partial charge < -0.3 is 5.21 Å². The first-order valence-corrected chi connectivity index (χ1v) is 6.62. The number of hydrogen-bond acceptors (Lipinski definition) is 2. The SMILES string of the molecule is CN(Cc1ccccc1)c1ccc2ccccc2[n+]1[O-]. The van der Waals surface area contributed by atoms with Crippen molar-refractivity contribution in [2.45, 2.75) is 6.54 Å². The van der Waals surface area contributed by atoms with Crippen LogP contribution in [0.2, 0.25) is 0 Å². The van der Waals surface area contributed by atoms with E-state index >= 15 is 0 Å². The van der Waals surface area contributed by atoms with Gasteiger partial charge in [0.25, 0.3) is 5.82 Å². The minimum absolute atomic E-state index is 0.660. The quantitative estimate of drug-likeness (QED) is 0.537. The van der Waals surface area contributed by atoms with Crippen molar-refractivity contribution in [3.05, 3.63) is 77.5 Å². The van der Waals surface area contributed by atoms with Crippen molar-refractivity contribution in [2.75, 3.05) is 11.9 Å². The van der Waals surface area contributed by atoms with Crippen LogP contribution in [0.1, 0.15) is 5.56 Å². The van der Waals surface area contributed by atoms with Crippen LogP contribution >= 0.6 is 0 Å². The average molecular weight is 264 g/mol. The molecule has 1 heterocycles. The highest BCUT2D eigenvalue weighted by Gasteiger charge is 2.14. The van der Waals surface area contributed by atoms with Crippen LogP contribution in [0.25, 0.3) is 10.9 Å². The maximum Gasteiger partial charge on any atom is 0.280 e. The molecule has 3 heteroatoms. The molecular weight excluding hydrogens is 248 g/mol. The van der Waals surface area contributed by atoms with Gasteiger partial charge in [-0.15, -0.1) is 0 Å². The van der Waals surface area contributed by atoms with E-state index in [4.69, 9.17) is 0 Å². The van der Waals surface area contributed by atoms with Gasteiger partial charge in [-0.2, -0.15) is 0 Å². The number of nitrogens with zero attached hydrogens (tertiary/aromatic N) is 2. The Labute approximate surface area is 118 Å². The van der Waals surface area contributed by atoms with Gasteiger partial charge in [-0.1, -0.05) is 48.5 Å². The molecule has 0 atom stereocenters. The van der Waals surface area contributed by atoms with Crippen molar-refractivity contribution in [3.8, 4) is 0 Å². The smallest absolute Gasteiger partial charge is 0.280 e. The Hall–Kier alpha value is -2.55. The number of para-hydroxylation sites is 1. The summed E-state index contributed by atoms with van der Waals surface area (Å²) >= 11 is 0. The van der Waals surface area contributed by atoms with E-state index in [2.05, 4.69) is 12.1 Å². The second-order valence-corrected chi connectivity index (χ2v) is 4.89. The molecule has 0 aliphatic carbocycles. The second-order valence-electron chi connectivity index (χ2n) is 4.89. The van der Waals surface area contributed by atoms with Crippen molar-refractivity contribution in [1.82, 2.24) is 0 Å². The normalized spacial score (nSPS) is 10.7. The second kappa shape index (κ2) is 5.21. The summed E-state index contributed by atoms with van der Waals surface area (Å²) < 4.78 is 0.998. The number of benzene rings is 2. The zero-order valence-corrected chi connectivity index (χ0v) is 11.4. The fraction of sp³-hybridized carbons (Fsp3) is 0.118. The van der Waals surface area contributed by atoms with E-state index in [0.717, 1.165) is 10.1 Å². The molecule has 0 saturated carbocycles. The Morgan fingerprint density at radius 1 is 0.900 bits per heavy atom. The number of hydrogen-bond donors (Lipinski definition) is 0. The lowest BCUT2D eigenvalue weighted by Gasteiger charge is -2.18. The Morgan fingerprint density at radius 3 is 2.40 bits per heavy atom. The molecule has 3 nitrogen and oxygen atoms in total. The Kier molecular flexibility index (Phi) is 3.25. The minimum Gasteiger partial charge on any atom is -0.710 e. The summed E-state index contributed by atoms with van der Waals surface area (Å²) in [5, 5.41) is 13.4. The molecule has 3 rings (SSSR count). The summed E-state index contributed by atoms with van der Waals surface area (Å²) in [5.74, 6) is 0.660. The van der Waals surface area contributed by atoms with Gasteiger partial charge in [-0.3, -0.25) is 4.90 Å². The first-order chi connectivity index (χ1) is 9.75. The van der Waals surface area contributed by atoms with Gasteiger partial charge in [0, 0.05) is 11.5 Å². The Bertz CT molecular complexity index is 725. The molecule has 0 amide bonds. The highest BCUT2D eigenvalue weighted by Crippen LogP contribution is 2.16. The van der Waals surface area contributed by atoms with Crippen LogP contribution in [0.4, 0.5) is 5.82 Å². The topological polar surface area (TPSA) is 30.2 Å². The van der Waals surface area contributed by atoms with Crippen LogP contribution in [-0.2, 0) is 6.54 Å². The van der Waals surface area contributed by atoms with Crippen molar-refractivity contribution >= 4 is 16.7 Å². The third-order valence-corrected chi connectivity index (χ3v) is 3.43. The number of anilines is 1. The van der Waals surface area contributed by atoms with E-state index in [1.54, 1.807) is 0 Å². The average Bonchev–Trinajstić information content (AvgIpc) is 2.49. The first kappa shape index (κ1) is 12.5. The summed E-state index contributed by atoms with van der Waals surface area (Å²) in [7, 11) is 1.94. The standard InChI is InChI=1S/C17H16N2O/c1-18(13-14-7-3-2-4-8-14)17-12-11-15-9-5-6-10-16(15)19(17)20/h2-12H,13H2,1H3. The van der Waals surface area contributed by atoms with Gasteiger partial charge in [-0.25, -0.2) is 4.73 Å². The van der Waals surface area contributed by atoms with Gasteiger partial charge in [-0.05, 0) is 17.7 Å². The zero-order valence-electron chi connectivity index (χ0n) is 11.4. The predicted octanol–water partition coefficient (Wildman–Crippen LogP) is 3.11. The molecule has 1 aromatic heterocycles. The van der Waals surface area contributed by atoms with Gasteiger partial charge in [0.1, 0.15) is 12.1 Å². The summed E-state index contributed by atoms with van der Waals surface area (Å²) in [4.78, 5) is 1.97. The molecule has 0 saturated heterocycles. The summed E-state index contributed by atoms with van der Waals surface area (Å²) in [5.41, 5.74) is 1.88. The Balaban J connectivity index is 1.95. The molecule has 100 valence electrons. The van der Waals surface area contributed by atoms with Crippen molar-refractivity contribution in [3.63, 3.8) is 0 Å². The molecule has 20 heavy (non-hydrogen) atoms. The highest BCUT2D eigenvalue weighted by molar-refractivity contribution is 5.76. The van der Waals surface area contributed by atoms with Crippen LogP contribution < -0.4 is 9.63 Å². The van der Waals surface area contributed by atoms with E-state index in [0.29, 0.717) is 17.9 Å². The number of fused-ring (bicyclic) bond motifs is 1. The molecule has 0 fully saturated rings. The zero-order chi connectivity index (χ0) is 13.9. The fourth-order valence-electron chi connectivity index (χ4n) is 2.39. The first-order valence-electron chi connectivity index (χ1n) is 6.62. The number of rotatable bonds is 3. The molecule has 0 spiro atoms. The van der Waals surface area contributed by atoms with Crippen LogP contribution in [-0.4, -0.2) is 7.05 Å². The lowest BCUT2D eigenvalue weighted by Crippen LogP contribution is -2.36. The maximum atomic E-state index is 12.4. The van der Waals surface area contributed by atoms with Crippen LogP contribution in [0.3, 0.4) is 0 Å². The summed E-state index contributed by atoms with van der Waals surface area (Å²) in [6.07, 6.45) is 0. The number of aromatic nitrogens is 1. The monoisotopic (exact) mass is 264 g/mol. The Morgan fingerprint density at radius 2 is 1.60 bits per heavy atom. The third-order valence-electron chi connectivity index (χ3n) is 3.43. The van der Waals surface area contributed by atoms with Crippen molar-refractivity contribution in [1.29, 1.82) is 0 Å². The minimum atomic E-state index is 0.660. The van der Waals surface area contributed by atoms with Crippen molar-refractivity contribution < 1.29 is 4.73 Å². The molecule has 0 N–H and O–H groups in total. The van der Waals surface area contributed by atoms with E-state index in [-0.39, 0.29) is 0 Å².